The number of halogens is 1. The van der Waals surface area contributed by atoms with Crippen molar-refractivity contribution in [2.24, 2.45) is 0 Å². The number of nitrogen functional groups attached to an aromatic ring is 1. The SMILES string of the molecule is CN(C(=O)c1cc(N)cc(F)c1)c1ccncc1. The van der Waals surface area contributed by atoms with Gasteiger partial charge in [0.2, 0.25) is 0 Å². The van der Waals surface area contributed by atoms with E-state index in [1.165, 1.54) is 17.0 Å². The molecule has 18 heavy (non-hydrogen) atoms. The molecule has 0 saturated heterocycles. The van der Waals surface area contributed by atoms with Crippen LogP contribution in [0.4, 0.5) is 15.8 Å². The highest BCUT2D eigenvalue weighted by Crippen LogP contribution is 2.17. The quantitative estimate of drug-likeness (QED) is 0.824. The lowest BCUT2D eigenvalue weighted by molar-refractivity contribution is 0.0992. The van der Waals surface area contributed by atoms with Gasteiger partial charge in [0.05, 0.1) is 0 Å². The van der Waals surface area contributed by atoms with Gasteiger partial charge in [0, 0.05) is 36.4 Å². The van der Waals surface area contributed by atoms with Crippen LogP contribution in [-0.4, -0.2) is 17.9 Å². The van der Waals surface area contributed by atoms with Crippen molar-refractivity contribution in [2.45, 2.75) is 0 Å². The van der Waals surface area contributed by atoms with Crippen LogP contribution >= 0.6 is 0 Å². The van der Waals surface area contributed by atoms with E-state index in [-0.39, 0.29) is 17.2 Å². The summed E-state index contributed by atoms with van der Waals surface area (Å²) in [6, 6.07) is 7.17. The van der Waals surface area contributed by atoms with Gasteiger partial charge in [0.25, 0.3) is 5.91 Å². The number of benzene rings is 1. The van der Waals surface area contributed by atoms with Crippen LogP contribution in [0, 0.1) is 5.82 Å². The number of nitrogens with two attached hydrogens (primary N) is 1. The van der Waals surface area contributed by atoms with Gasteiger partial charge in [-0.25, -0.2) is 4.39 Å². The predicted molar refractivity (Wildman–Crippen MR) is 67.8 cm³/mol. The maximum Gasteiger partial charge on any atom is 0.258 e. The highest BCUT2D eigenvalue weighted by molar-refractivity contribution is 6.06. The standard InChI is InChI=1S/C13H12FN3O/c1-17(12-2-4-16-5-3-12)13(18)9-6-10(14)8-11(15)7-9/h2-8H,15H2,1H3. The molecule has 92 valence electrons. The van der Waals surface area contributed by atoms with Crippen molar-refractivity contribution >= 4 is 17.3 Å². The summed E-state index contributed by atoms with van der Waals surface area (Å²) in [6.45, 7) is 0. The third-order valence-electron chi connectivity index (χ3n) is 2.52. The van der Waals surface area contributed by atoms with Gasteiger partial charge in [0.15, 0.2) is 0 Å². The molecule has 0 aliphatic carbocycles. The van der Waals surface area contributed by atoms with E-state index in [1.54, 1.807) is 31.6 Å². The van der Waals surface area contributed by atoms with Crippen LogP contribution in [0.2, 0.25) is 0 Å². The van der Waals surface area contributed by atoms with E-state index in [0.717, 1.165) is 6.07 Å². The van der Waals surface area contributed by atoms with Crippen LogP contribution in [-0.2, 0) is 0 Å². The zero-order valence-electron chi connectivity index (χ0n) is 9.80. The molecule has 1 amide bonds. The molecular formula is C13H12FN3O. The number of carbonyl (C=O) groups excluding carboxylic acids is 1. The Kier molecular flexibility index (Phi) is 3.23. The number of hydrogen-bond acceptors (Lipinski definition) is 3. The third kappa shape index (κ3) is 2.45. The molecule has 4 nitrogen and oxygen atoms in total. The van der Waals surface area contributed by atoms with Gasteiger partial charge in [-0.15, -0.1) is 0 Å². The molecular weight excluding hydrogens is 233 g/mol. The molecule has 0 bridgehead atoms. The van der Waals surface area contributed by atoms with Crippen LogP contribution in [0.1, 0.15) is 10.4 Å². The topological polar surface area (TPSA) is 59.2 Å². The summed E-state index contributed by atoms with van der Waals surface area (Å²) in [6.07, 6.45) is 3.16. The van der Waals surface area contributed by atoms with Gasteiger partial charge in [-0.2, -0.15) is 0 Å². The summed E-state index contributed by atoms with van der Waals surface area (Å²) in [7, 11) is 1.61. The largest absolute Gasteiger partial charge is 0.399 e. The van der Waals surface area contributed by atoms with E-state index in [2.05, 4.69) is 4.98 Å². The molecule has 1 heterocycles. The molecule has 2 aromatic rings. The van der Waals surface area contributed by atoms with Crippen LogP contribution in [0.25, 0.3) is 0 Å². The van der Waals surface area contributed by atoms with Gasteiger partial charge in [0.1, 0.15) is 5.82 Å². The first-order valence-corrected chi connectivity index (χ1v) is 5.32. The highest BCUT2D eigenvalue weighted by atomic mass is 19.1. The molecule has 0 radical (unpaired) electrons. The molecule has 2 rings (SSSR count). The zero-order chi connectivity index (χ0) is 13.1. The maximum atomic E-state index is 13.2. The molecule has 1 aromatic heterocycles. The van der Waals surface area contributed by atoms with Gasteiger partial charge in [-0.05, 0) is 30.3 Å². The second-order valence-electron chi connectivity index (χ2n) is 3.84. The number of hydrogen-bond donors (Lipinski definition) is 1. The molecule has 0 saturated carbocycles. The zero-order valence-corrected chi connectivity index (χ0v) is 9.80. The molecule has 2 N–H and O–H groups in total. The first-order valence-electron chi connectivity index (χ1n) is 5.32. The first-order chi connectivity index (χ1) is 8.58. The predicted octanol–water partition coefficient (Wildman–Crippen LogP) is 2.08. The number of carbonyl (C=O) groups is 1. The third-order valence-corrected chi connectivity index (χ3v) is 2.52. The van der Waals surface area contributed by atoms with E-state index < -0.39 is 5.82 Å². The van der Waals surface area contributed by atoms with Crippen molar-refractivity contribution in [3.05, 3.63) is 54.1 Å². The van der Waals surface area contributed by atoms with E-state index in [4.69, 9.17) is 5.73 Å². The van der Waals surface area contributed by atoms with Crippen LogP contribution in [0.3, 0.4) is 0 Å². The van der Waals surface area contributed by atoms with E-state index >= 15 is 0 Å². The van der Waals surface area contributed by atoms with Crippen molar-refractivity contribution in [1.29, 1.82) is 0 Å². The summed E-state index contributed by atoms with van der Waals surface area (Å²) in [5.74, 6) is -0.853. The fourth-order valence-electron chi connectivity index (χ4n) is 1.61. The van der Waals surface area contributed by atoms with Crippen molar-refractivity contribution < 1.29 is 9.18 Å². The minimum Gasteiger partial charge on any atom is -0.399 e. The van der Waals surface area contributed by atoms with E-state index in [0.29, 0.717) is 5.69 Å². The van der Waals surface area contributed by atoms with Crippen molar-refractivity contribution in [3.63, 3.8) is 0 Å². The molecule has 0 aliphatic heterocycles. The number of pyridine rings is 1. The first kappa shape index (κ1) is 12.0. The van der Waals surface area contributed by atoms with Crippen molar-refractivity contribution in [1.82, 2.24) is 4.98 Å². The summed E-state index contributed by atoms with van der Waals surface area (Å²) < 4.78 is 13.2. The number of nitrogens with zero attached hydrogens (tertiary/aromatic N) is 2. The lowest BCUT2D eigenvalue weighted by atomic mass is 10.1. The Morgan fingerprint density at radius 3 is 2.56 bits per heavy atom. The molecule has 0 fully saturated rings. The Morgan fingerprint density at radius 1 is 1.28 bits per heavy atom. The molecule has 1 aromatic carbocycles. The average Bonchev–Trinajstić information content (AvgIpc) is 2.37. The second kappa shape index (κ2) is 4.83. The van der Waals surface area contributed by atoms with Crippen LogP contribution in [0.15, 0.2) is 42.7 Å². The molecule has 0 spiro atoms. The minimum absolute atomic E-state index is 0.215. The van der Waals surface area contributed by atoms with Crippen molar-refractivity contribution in [3.8, 4) is 0 Å². The van der Waals surface area contributed by atoms with E-state index in [1.807, 2.05) is 0 Å². The molecule has 5 heteroatoms. The van der Waals surface area contributed by atoms with Gasteiger partial charge >= 0.3 is 0 Å². The number of amides is 1. The Hall–Kier alpha value is -2.43. The maximum absolute atomic E-state index is 13.2. The number of anilines is 2. The summed E-state index contributed by atoms with van der Waals surface area (Å²) in [5, 5.41) is 0. The van der Waals surface area contributed by atoms with Gasteiger partial charge in [-0.1, -0.05) is 0 Å². The minimum atomic E-state index is -0.526. The normalized spacial score (nSPS) is 10.1. The fourth-order valence-corrected chi connectivity index (χ4v) is 1.61. The molecule has 0 unspecified atom stereocenters. The Labute approximate surface area is 104 Å². The van der Waals surface area contributed by atoms with Crippen LogP contribution in [0.5, 0.6) is 0 Å². The smallest absolute Gasteiger partial charge is 0.258 e. The lowest BCUT2D eigenvalue weighted by Crippen LogP contribution is -2.26. The fraction of sp³-hybridized carbons (Fsp3) is 0.0769. The molecule has 0 atom stereocenters. The van der Waals surface area contributed by atoms with Gasteiger partial charge in [-0.3, -0.25) is 9.78 Å². The van der Waals surface area contributed by atoms with Gasteiger partial charge < -0.3 is 10.6 Å². The van der Waals surface area contributed by atoms with Crippen molar-refractivity contribution in [2.75, 3.05) is 17.7 Å². The Bertz CT molecular complexity index is 551. The average molecular weight is 245 g/mol. The number of rotatable bonds is 2. The highest BCUT2D eigenvalue weighted by Gasteiger charge is 2.14. The van der Waals surface area contributed by atoms with E-state index in [9.17, 15) is 9.18 Å². The Balaban J connectivity index is 2.31. The number of aromatic nitrogens is 1. The van der Waals surface area contributed by atoms with Crippen LogP contribution < -0.4 is 10.6 Å². The summed E-state index contributed by atoms with van der Waals surface area (Å²) in [4.78, 5) is 17.4. The monoisotopic (exact) mass is 245 g/mol. The summed E-state index contributed by atoms with van der Waals surface area (Å²) >= 11 is 0. The summed E-state index contributed by atoms with van der Waals surface area (Å²) in [5.41, 5.74) is 6.63. The Morgan fingerprint density at radius 2 is 1.94 bits per heavy atom. The molecule has 0 aliphatic rings. The lowest BCUT2D eigenvalue weighted by Gasteiger charge is -2.17. The second-order valence-corrected chi connectivity index (χ2v) is 3.84.